The lowest BCUT2D eigenvalue weighted by Crippen LogP contribution is -2.41. The van der Waals surface area contributed by atoms with Gasteiger partial charge in [-0.25, -0.2) is 13.1 Å². The van der Waals surface area contributed by atoms with Crippen molar-refractivity contribution in [2.24, 2.45) is 7.05 Å². The smallest absolute Gasteiger partial charge is 0.215 e. The Hall–Kier alpha value is -2.41. The number of sulfonamides is 1. The minimum atomic E-state index is -3.44. The van der Waals surface area contributed by atoms with Crippen LogP contribution in [0.5, 0.6) is 0 Å². The highest BCUT2D eigenvalue weighted by Crippen LogP contribution is 2.28. The van der Waals surface area contributed by atoms with Crippen molar-refractivity contribution in [2.75, 3.05) is 13.1 Å². The van der Waals surface area contributed by atoms with Crippen LogP contribution in [0.25, 0.3) is 0 Å². The zero-order chi connectivity index (χ0) is 21.1. The number of aromatic nitrogens is 1. The highest BCUT2D eigenvalue weighted by atomic mass is 32.2. The van der Waals surface area contributed by atoms with Crippen LogP contribution in [0.1, 0.15) is 34.0 Å². The van der Waals surface area contributed by atoms with Gasteiger partial charge in [0.1, 0.15) is 0 Å². The zero-order valence-electron chi connectivity index (χ0n) is 17.6. The van der Waals surface area contributed by atoms with Crippen LogP contribution in [0, 0.1) is 6.92 Å². The maximum atomic E-state index is 12.8. The van der Waals surface area contributed by atoms with Gasteiger partial charge in [0.2, 0.25) is 10.0 Å². The van der Waals surface area contributed by atoms with Crippen LogP contribution in [0.15, 0.2) is 66.9 Å². The number of nitrogens with zero attached hydrogens (tertiary/aromatic N) is 2. The highest BCUT2D eigenvalue weighted by molar-refractivity contribution is 7.88. The van der Waals surface area contributed by atoms with Gasteiger partial charge in [-0.05, 0) is 42.2 Å². The molecule has 1 aliphatic rings. The third-order valence-electron chi connectivity index (χ3n) is 5.86. The molecule has 0 fully saturated rings. The number of nitrogens with one attached hydrogen (secondary N) is 1. The summed E-state index contributed by atoms with van der Waals surface area (Å²) in [6.45, 7) is 4.06. The molecular weight excluding hydrogens is 394 g/mol. The van der Waals surface area contributed by atoms with Crippen molar-refractivity contribution >= 4 is 10.0 Å². The van der Waals surface area contributed by atoms with Gasteiger partial charge in [-0.1, -0.05) is 54.1 Å². The van der Waals surface area contributed by atoms with Crippen LogP contribution in [0.2, 0.25) is 0 Å². The first kappa shape index (κ1) is 20.8. The van der Waals surface area contributed by atoms with Crippen molar-refractivity contribution in [3.63, 3.8) is 0 Å². The van der Waals surface area contributed by atoms with E-state index in [0.29, 0.717) is 6.54 Å². The van der Waals surface area contributed by atoms with Gasteiger partial charge in [-0.3, -0.25) is 4.90 Å². The van der Waals surface area contributed by atoms with E-state index in [2.05, 4.69) is 44.5 Å². The summed E-state index contributed by atoms with van der Waals surface area (Å²) in [4.78, 5) is 2.38. The first-order valence-electron chi connectivity index (χ1n) is 10.4. The Labute approximate surface area is 179 Å². The van der Waals surface area contributed by atoms with Crippen LogP contribution in [-0.2, 0) is 35.8 Å². The molecule has 1 atom stereocenters. The molecule has 1 aliphatic heterocycles. The lowest BCUT2D eigenvalue weighted by atomic mass is 9.98. The molecule has 6 heteroatoms. The zero-order valence-corrected chi connectivity index (χ0v) is 18.4. The second-order valence-electron chi connectivity index (χ2n) is 8.15. The van der Waals surface area contributed by atoms with E-state index in [4.69, 9.17) is 0 Å². The number of rotatable bonds is 7. The molecule has 5 nitrogen and oxygen atoms in total. The Morgan fingerprint density at radius 3 is 2.57 bits per heavy atom. The molecule has 1 N–H and O–H groups in total. The van der Waals surface area contributed by atoms with E-state index < -0.39 is 10.0 Å². The molecule has 0 radical (unpaired) electrons. The maximum absolute atomic E-state index is 12.8. The third kappa shape index (κ3) is 4.83. The Morgan fingerprint density at radius 2 is 1.83 bits per heavy atom. The molecule has 0 saturated carbocycles. The van der Waals surface area contributed by atoms with E-state index >= 15 is 0 Å². The highest BCUT2D eigenvalue weighted by Gasteiger charge is 2.27. The SMILES string of the molecule is Cc1cccc(CS(=O)(=O)NCC(c2cccn2C)N2CCc3ccccc3C2)c1. The number of benzene rings is 2. The molecule has 0 spiro atoms. The van der Waals surface area contributed by atoms with Crippen molar-refractivity contribution < 1.29 is 8.42 Å². The van der Waals surface area contributed by atoms with Crippen LogP contribution >= 0.6 is 0 Å². The summed E-state index contributed by atoms with van der Waals surface area (Å²) in [7, 11) is -1.42. The topological polar surface area (TPSA) is 54.3 Å². The van der Waals surface area contributed by atoms with Gasteiger partial charge in [-0.15, -0.1) is 0 Å². The summed E-state index contributed by atoms with van der Waals surface area (Å²) in [5.41, 5.74) is 5.71. The van der Waals surface area contributed by atoms with E-state index in [0.717, 1.165) is 36.3 Å². The van der Waals surface area contributed by atoms with Gasteiger partial charge < -0.3 is 4.57 Å². The van der Waals surface area contributed by atoms with Crippen LogP contribution in [0.3, 0.4) is 0 Å². The standard InChI is InChI=1S/C24H29N3O2S/c1-19-7-5-8-20(15-19)18-30(28,29)25-16-24(23-11-6-13-26(23)2)27-14-12-21-9-3-4-10-22(21)17-27/h3-11,13,15,24-25H,12,14,16-18H2,1-2H3. The molecule has 3 aromatic rings. The van der Waals surface area contributed by atoms with E-state index in [-0.39, 0.29) is 11.8 Å². The fourth-order valence-electron chi connectivity index (χ4n) is 4.30. The number of hydrogen-bond acceptors (Lipinski definition) is 3. The van der Waals surface area contributed by atoms with Crippen molar-refractivity contribution in [3.05, 3.63) is 94.8 Å². The van der Waals surface area contributed by atoms with Crippen molar-refractivity contribution in [2.45, 2.75) is 31.7 Å². The predicted molar refractivity (Wildman–Crippen MR) is 121 cm³/mol. The van der Waals surface area contributed by atoms with E-state index in [1.807, 2.05) is 50.5 Å². The third-order valence-corrected chi connectivity index (χ3v) is 7.18. The van der Waals surface area contributed by atoms with Gasteiger partial charge in [0.25, 0.3) is 0 Å². The molecular formula is C24H29N3O2S. The first-order valence-corrected chi connectivity index (χ1v) is 12.0. The second-order valence-corrected chi connectivity index (χ2v) is 9.95. The Kier molecular flexibility index (Phi) is 6.09. The summed E-state index contributed by atoms with van der Waals surface area (Å²) >= 11 is 0. The molecule has 1 unspecified atom stereocenters. The van der Waals surface area contributed by atoms with Gasteiger partial charge in [0.15, 0.2) is 0 Å². The maximum Gasteiger partial charge on any atom is 0.215 e. The number of aryl methyl sites for hydroxylation is 2. The Morgan fingerprint density at radius 1 is 1.03 bits per heavy atom. The molecule has 0 aliphatic carbocycles. The molecule has 1 aromatic heterocycles. The molecule has 4 rings (SSSR count). The summed E-state index contributed by atoms with van der Waals surface area (Å²) < 4.78 is 30.6. The summed E-state index contributed by atoms with van der Waals surface area (Å²) in [5.74, 6) is -0.00261. The molecule has 0 amide bonds. The number of hydrogen-bond donors (Lipinski definition) is 1. The normalized spacial score (nSPS) is 15.7. The number of fused-ring (bicyclic) bond motifs is 1. The van der Waals surface area contributed by atoms with Crippen molar-refractivity contribution in [1.29, 1.82) is 0 Å². The van der Waals surface area contributed by atoms with E-state index in [1.165, 1.54) is 11.1 Å². The molecule has 0 bridgehead atoms. The second kappa shape index (κ2) is 8.76. The van der Waals surface area contributed by atoms with Crippen molar-refractivity contribution in [1.82, 2.24) is 14.2 Å². The molecule has 0 saturated heterocycles. The fraction of sp³-hybridized carbons (Fsp3) is 0.333. The van der Waals surface area contributed by atoms with E-state index in [1.54, 1.807) is 0 Å². The van der Waals surface area contributed by atoms with Gasteiger partial charge in [-0.2, -0.15) is 0 Å². The summed E-state index contributed by atoms with van der Waals surface area (Å²) in [5, 5.41) is 0. The average Bonchev–Trinajstić information content (AvgIpc) is 3.13. The molecule has 158 valence electrons. The van der Waals surface area contributed by atoms with Crippen LogP contribution in [-0.4, -0.2) is 31.0 Å². The largest absolute Gasteiger partial charge is 0.353 e. The summed E-state index contributed by atoms with van der Waals surface area (Å²) in [6.07, 6.45) is 2.99. The van der Waals surface area contributed by atoms with Gasteiger partial charge in [0, 0.05) is 38.6 Å². The predicted octanol–water partition coefficient (Wildman–Crippen LogP) is 3.55. The van der Waals surface area contributed by atoms with Gasteiger partial charge >= 0.3 is 0 Å². The lowest BCUT2D eigenvalue weighted by Gasteiger charge is -2.36. The summed E-state index contributed by atoms with van der Waals surface area (Å²) in [6, 6.07) is 20.3. The Bertz CT molecular complexity index is 1120. The molecule has 2 aromatic carbocycles. The monoisotopic (exact) mass is 423 g/mol. The van der Waals surface area contributed by atoms with Crippen LogP contribution < -0.4 is 4.72 Å². The Balaban J connectivity index is 1.52. The molecule has 30 heavy (non-hydrogen) atoms. The first-order chi connectivity index (χ1) is 14.4. The van der Waals surface area contributed by atoms with Crippen LogP contribution in [0.4, 0.5) is 0 Å². The average molecular weight is 424 g/mol. The lowest BCUT2D eigenvalue weighted by molar-refractivity contribution is 0.174. The molecule has 2 heterocycles. The van der Waals surface area contributed by atoms with Gasteiger partial charge in [0.05, 0.1) is 11.8 Å². The minimum Gasteiger partial charge on any atom is -0.353 e. The van der Waals surface area contributed by atoms with Crippen molar-refractivity contribution in [3.8, 4) is 0 Å². The fourth-order valence-corrected chi connectivity index (χ4v) is 5.44. The quantitative estimate of drug-likeness (QED) is 0.632. The van der Waals surface area contributed by atoms with E-state index in [9.17, 15) is 8.42 Å². The minimum absolute atomic E-state index is 0.00261.